The predicted molar refractivity (Wildman–Crippen MR) is 126 cm³/mol. The van der Waals surface area contributed by atoms with E-state index in [0.29, 0.717) is 22.6 Å². The first-order chi connectivity index (χ1) is 15.5. The molecule has 0 amide bonds. The van der Waals surface area contributed by atoms with Crippen molar-refractivity contribution in [1.82, 2.24) is 4.57 Å². The minimum atomic E-state index is -0.482. The highest BCUT2D eigenvalue weighted by atomic mass is 79.9. The standard InChI is InChI=1S/C26H18BrNO4/c1-2-28-15-17(20-5-3-4-6-22(20)28)13-24-25(29)21-12-11-19(14-23(21)32-24)31-26(30)16-7-9-18(27)10-8-16/h3-15H,2H2,1H3. The summed E-state index contributed by atoms with van der Waals surface area (Å²) in [6.45, 7) is 2.90. The van der Waals surface area contributed by atoms with E-state index in [1.165, 1.54) is 0 Å². The van der Waals surface area contributed by atoms with Gasteiger partial charge in [0.1, 0.15) is 11.5 Å². The van der Waals surface area contributed by atoms with Gasteiger partial charge in [-0.2, -0.15) is 0 Å². The van der Waals surface area contributed by atoms with Crippen LogP contribution in [0.5, 0.6) is 11.5 Å². The Morgan fingerprint density at radius 1 is 1.09 bits per heavy atom. The minimum Gasteiger partial charge on any atom is -0.452 e. The van der Waals surface area contributed by atoms with Gasteiger partial charge in [-0.05, 0) is 55.5 Å². The molecule has 0 radical (unpaired) electrons. The van der Waals surface area contributed by atoms with E-state index in [0.717, 1.165) is 27.5 Å². The van der Waals surface area contributed by atoms with Crippen LogP contribution < -0.4 is 9.47 Å². The molecule has 5 nitrogen and oxygen atoms in total. The quantitative estimate of drug-likeness (QED) is 0.193. The molecule has 3 aromatic carbocycles. The zero-order valence-corrected chi connectivity index (χ0v) is 18.8. The maximum Gasteiger partial charge on any atom is 0.343 e. The Balaban J connectivity index is 1.42. The topological polar surface area (TPSA) is 57.5 Å². The van der Waals surface area contributed by atoms with Crippen molar-refractivity contribution in [2.45, 2.75) is 13.5 Å². The lowest BCUT2D eigenvalue weighted by Crippen LogP contribution is -2.08. The van der Waals surface area contributed by atoms with Gasteiger partial charge in [0.05, 0.1) is 11.1 Å². The van der Waals surface area contributed by atoms with Crippen molar-refractivity contribution in [3.63, 3.8) is 0 Å². The highest BCUT2D eigenvalue weighted by molar-refractivity contribution is 9.10. The zero-order chi connectivity index (χ0) is 22.2. The molecule has 0 aliphatic carbocycles. The van der Waals surface area contributed by atoms with Crippen molar-refractivity contribution in [2.75, 3.05) is 0 Å². The van der Waals surface area contributed by atoms with Crippen LogP contribution in [0.4, 0.5) is 0 Å². The van der Waals surface area contributed by atoms with Crippen LogP contribution in [0.1, 0.15) is 33.2 Å². The lowest BCUT2D eigenvalue weighted by Gasteiger charge is -2.05. The lowest BCUT2D eigenvalue weighted by molar-refractivity contribution is 0.0734. The highest BCUT2D eigenvalue weighted by Gasteiger charge is 2.28. The second-order valence-electron chi connectivity index (χ2n) is 7.38. The summed E-state index contributed by atoms with van der Waals surface area (Å²) in [6, 6.07) is 19.7. The number of esters is 1. The van der Waals surface area contributed by atoms with E-state index < -0.39 is 5.97 Å². The van der Waals surface area contributed by atoms with Gasteiger partial charge in [0.25, 0.3) is 0 Å². The highest BCUT2D eigenvalue weighted by Crippen LogP contribution is 2.36. The number of fused-ring (bicyclic) bond motifs is 2. The molecule has 0 fully saturated rings. The van der Waals surface area contributed by atoms with Gasteiger partial charge in [-0.1, -0.05) is 34.1 Å². The predicted octanol–water partition coefficient (Wildman–Crippen LogP) is 6.26. The summed E-state index contributed by atoms with van der Waals surface area (Å²) in [5.74, 6) is 0.259. The smallest absolute Gasteiger partial charge is 0.343 e. The van der Waals surface area contributed by atoms with Gasteiger partial charge in [0.15, 0.2) is 5.76 Å². The zero-order valence-electron chi connectivity index (χ0n) is 17.2. The van der Waals surface area contributed by atoms with Gasteiger partial charge >= 0.3 is 5.97 Å². The van der Waals surface area contributed by atoms with Crippen LogP contribution in [0.3, 0.4) is 0 Å². The third-order valence-electron chi connectivity index (χ3n) is 5.38. The van der Waals surface area contributed by atoms with Crippen molar-refractivity contribution >= 4 is 44.7 Å². The van der Waals surface area contributed by atoms with Crippen molar-refractivity contribution in [3.8, 4) is 11.5 Å². The molecule has 0 unspecified atom stereocenters. The van der Waals surface area contributed by atoms with Crippen LogP contribution in [-0.2, 0) is 6.54 Å². The van der Waals surface area contributed by atoms with E-state index in [-0.39, 0.29) is 11.5 Å². The second kappa shape index (κ2) is 8.13. The number of ether oxygens (including phenoxy) is 2. The number of benzene rings is 3. The number of allylic oxidation sites excluding steroid dienone is 1. The third-order valence-corrected chi connectivity index (χ3v) is 5.91. The van der Waals surface area contributed by atoms with E-state index in [9.17, 15) is 9.59 Å². The van der Waals surface area contributed by atoms with E-state index in [1.54, 1.807) is 48.5 Å². The number of aromatic nitrogens is 1. The van der Waals surface area contributed by atoms with Gasteiger partial charge in [-0.25, -0.2) is 4.79 Å². The molecule has 4 aromatic rings. The molecule has 1 aliphatic rings. The lowest BCUT2D eigenvalue weighted by atomic mass is 10.1. The molecule has 0 bridgehead atoms. The third kappa shape index (κ3) is 3.63. The first-order valence-electron chi connectivity index (χ1n) is 10.2. The average Bonchev–Trinajstić information content (AvgIpc) is 3.31. The number of ketones is 1. The Labute approximate surface area is 193 Å². The Morgan fingerprint density at radius 3 is 2.66 bits per heavy atom. The first-order valence-corrected chi connectivity index (χ1v) is 11.0. The second-order valence-corrected chi connectivity index (χ2v) is 8.30. The maximum absolute atomic E-state index is 12.9. The Hall–Kier alpha value is -3.64. The molecular weight excluding hydrogens is 470 g/mol. The largest absolute Gasteiger partial charge is 0.452 e. The van der Waals surface area contributed by atoms with Crippen LogP contribution in [-0.4, -0.2) is 16.3 Å². The molecule has 158 valence electrons. The maximum atomic E-state index is 12.9. The fourth-order valence-corrected chi connectivity index (χ4v) is 4.04. The SMILES string of the molecule is CCn1cc(C=C2Oc3cc(OC(=O)c4ccc(Br)cc4)ccc3C2=O)c2ccccc21. The normalized spacial score (nSPS) is 13.9. The molecule has 0 atom stereocenters. The minimum absolute atomic E-state index is 0.195. The number of rotatable bonds is 4. The molecule has 1 aromatic heterocycles. The Morgan fingerprint density at radius 2 is 1.88 bits per heavy atom. The number of hydrogen-bond acceptors (Lipinski definition) is 4. The molecule has 0 saturated heterocycles. The fraction of sp³-hybridized carbons (Fsp3) is 0.0769. The van der Waals surface area contributed by atoms with E-state index in [1.807, 2.05) is 24.4 Å². The number of hydrogen-bond donors (Lipinski definition) is 0. The van der Waals surface area contributed by atoms with Gasteiger partial charge in [-0.15, -0.1) is 0 Å². The summed E-state index contributed by atoms with van der Waals surface area (Å²) < 4.78 is 14.3. The molecule has 5 rings (SSSR count). The number of para-hydroxylation sites is 1. The van der Waals surface area contributed by atoms with Crippen LogP contribution >= 0.6 is 15.9 Å². The average molecular weight is 488 g/mol. The Kier molecular flexibility index (Phi) is 5.15. The molecule has 1 aliphatic heterocycles. The molecule has 32 heavy (non-hydrogen) atoms. The number of halogens is 1. The van der Waals surface area contributed by atoms with Crippen molar-refractivity contribution < 1.29 is 19.1 Å². The summed E-state index contributed by atoms with van der Waals surface area (Å²) in [6.07, 6.45) is 3.78. The van der Waals surface area contributed by atoms with E-state index in [4.69, 9.17) is 9.47 Å². The molecule has 2 heterocycles. The van der Waals surface area contributed by atoms with Crippen LogP contribution in [0, 0.1) is 0 Å². The van der Waals surface area contributed by atoms with Gasteiger partial charge in [0, 0.05) is 39.7 Å². The van der Waals surface area contributed by atoms with Gasteiger partial charge in [0.2, 0.25) is 5.78 Å². The fourth-order valence-electron chi connectivity index (χ4n) is 3.78. The van der Waals surface area contributed by atoms with E-state index in [2.05, 4.69) is 33.5 Å². The number of nitrogens with zero attached hydrogens (tertiary/aromatic N) is 1. The summed E-state index contributed by atoms with van der Waals surface area (Å²) >= 11 is 3.34. The molecule has 0 N–H and O–H groups in total. The number of aryl methyl sites for hydroxylation is 1. The number of carbonyl (C=O) groups is 2. The first kappa shape index (κ1) is 20.3. The van der Waals surface area contributed by atoms with Gasteiger partial charge in [-0.3, -0.25) is 4.79 Å². The molecule has 6 heteroatoms. The molecular formula is C26H18BrNO4. The summed E-state index contributed by atoms with van der Waals surface area (Å²) in [4.78, 5) is 25.3. The number of Topliss-reactive ketones (excluding diaryl/α,β-unsaturated/α-hetero) is 1. The summed E-state index contributed by atoms with van der Waals surface area (Å²) in [5, 5.41) is 1.05. The van der Waals surface area contributed by atoms with E-state index >= 15 is 0 Å². The Bertz CT molecular complexity index is 1400. The van der Waals surface area contributed by atoms with Crippen molar-refractivity contribution in [2.24, 2.45) is 0 Å². The molecule has 0 spiro atoms. The van der Waals surface area contributed by atoms with Crippen molar-refractivity contribution in [3.05, 3.63) is 99.8 Å². The van der Waals surface area contributed by atoms with Crippen LogP contribution in [0.2, 0.25) is 0 Å². The summed E-state index contributed by atoms with van der Waals surface area (Å²) in [7, 11) is 0. The monoisotopic (exact) mass is 487 g/mol. The summed E-state index contributed by atoms with van der Waals surface area (Å²) in [5.41, 5.74) is 2.89. The number of carbonyl (C=O) groups excluding carboxylic acids is 2. The van der Waals surface area contributed by atoms with Gasteiger partial charge < -0.3 is 14.0 Å². The van der Waals surface area contributed by atoms with Crippen LogP contribution in [0.25, 0.3) is 17.0 Å². The van der Waals surface area contributed by atoms with Crippen LogP contribution in [0.15, 0.2) is 83.2 Å². The molecule has 0 saturated carbocycles. The van der Waals surface area contributed by atoms with Crippen molar-refractivity contribution in [1.29, 1.82) is 0 Å².